The predicted molar refractivity (Wildman–Crippen MR) is 91.9 cm³/mol. The molecule has 0 bridgehead atoms. The minimum atomic E-state index is -0.109. The van der Waals surface area contributed by atoms with Crippen molar-refractivity contribution in [3.8, 4) is 5.75 Å². The highest BCUT2D eigenvalue weighted by atomic mass is 35.5. The van der Waals surface area contributed by atoms with Crippen LogP contribution in [0.25, 0.3) is 0 Å². The molecule has 1 aliphatic rings. The van der Waals surface area contributed by atoms with Gasteiger partial charge in [0.1, 0.15) is 12.4 Å². The molecule has 120 valence electrons. The van der Waals surface area contributed by atoms with Crippen molar-refractivity contribution in [1.82, 2.24) is 5.32 Å². The Morgan fingerprint density at radius 3 is 2.61 bits per heavy atom. The van der Waals surface area contributed by atoms with E-state index in [0.717, 1.165) is 18.4 Å². The van der Waals surface area contributed by atoms with Gasteiger partial charge in [-0.15, -0.1) is 0 Å². The van der Waals surface area contributed by atoms with Crippen molar-refractivity contribution >= 4 is 17.5 Å². The standard InChI is InChI=1S/C19H20ClNO2/c20-15-10-11-18(23-13-14-6-2-1-3-7-14)17(12-15)19(22)21-16-8-4-5-9-16/h1-3,6-7,10-12,16H,4-5,8-9,13H2,(H,21,22). The molecule has 2 aromatic carbocycles. The Bertz CT molecular complexity index is 666. The van der Waals surface area contributed by atoms with Gasteiger partial charge in [-0.3, -0.25) is 4.79 Å². The molecule has 0 radical (unpaired) electrons. The van der Waals surface area contributed by atoms with E-state index < -0.39 is 0 Å². The number of amides is 1. The zero-order valence-corrected chi connectivity index (χ0v) is 13.7. The second-order valence-corrected chi connectivity index (χ2v) is 6.31. The van der Waals surface area contributed by atoms with Crippen molar-refractivity contribution in [3.05, 3.63) is 64.7 Å². The third-order valence-corrected chi connectivity index (χ3v) is 4.35. The van der Waals surface area contributed by atoms with Gasteiger partial charge in [0, 0.05) is 11.1 Å². The Morgan fingerprint density at radius 2 is 1.87 bits per heavy atom. The maximum atomic E-state index is 12.5. The molecule has 3 nitrogen and oxygen atoms in total. The molecular weight excluding hydrogens is 310 g/mol. The first kappa shape index (κ1) is 15.9. The first-order chi connectivity index (χ1) is 11.2. The Morgan fingerprint density at radius 1 is 1.13 bits per heavy atom. The minimum absolute atomic E-state index is 0.109. The van der Waals surface area contributed by atoms with Crippen molar-refractivity contribution in [2.24, 2.45) is 0 Å². The van der Waals surface area contributed by atoms with Crippen LogP contribution in [0.4, 0.5) is 0 Å². The first-order valence-corrected chi connectivity index (χ1v) is 8.37. The predicted octanol–water partition coefficient (Wildman–Crippen LogP) is 4.59. The van der Waals surface area contributed by atoms with Gasteiger partial charge in [-0.2, -0.15) is 0 Å². The van der Waals surface area contributed by atoms with E-state index in [1.165, 1.54) is 12.8 Å². The van der Waals surface area contributed by atoms with Gasteiger partial charge in [0.2, 0.25) is 0 Å². The lowest BCUT2D eigenvalue weighted by Crippen LogP contribution is -2.32. The maximum absolute atomic E-state index is 12.5. The average molecular weight is 330 g/mol. The highest BCUT2D eigenvalue weighted by molar-refractivity contribution is 6.31. The van der Waals surface area contributed by atoms with Gasteiger partial charge in [-0.05, 0) is 36.6 Å². The molecule has 3 rings (SSSR count). The second-order valence-electron chi connectivity index (χ2n) is 5.87. The maximum Gasteiger partial charge on any atom is 0.255 e. The molecule has 1 N–H and O–H groups in total. The molecule has 4 heteroatoms. The number of hydrogen-bond donors (Lipinski definition) is 1. The molecule has 1 fully saturated rings. The lowest BCUT2D eigenvalue weighted by molar-refractivity contribution is 0.0933. The number of hydrogen-bond acceptors (Lipinski definition) is 2. The second kappa shape index (κ2) is 7.51. The number of ether oxygens (including phenoxy) is 1. The normalized spacial score (nSPS) is 14.7. The Labute approximate surface area is 141 Å². The Kier molecular flexibility index (Phi) is 5.19. The summed E-state index contributed by atoms with van der Waals surface area (Å²) in [6, 6.07) is 15.3. The fourth-order valence-corrected chi connectivity index (χ4v) is 3.05. The van der Waals surface area contributed by atoms with E-state index in [4.69, 9.17) is 16.3 Å². The molecule has 2 aromatic rings. The molecule has 0 saturated heterocycles. The topological polar surface area (TPSA) is 38.3 Å². The van der Waals surface area contributed by atoms with Gasteiger partial charge < -0.3 is 10.1 Å². The fourth-order valence-electron chi connectivity index (χ4n) is 2.87. The minimum Gasteiger partial charge on any atom is -0.488 e. The van der Waals surface area contributed by atoms with Crippen LogP contribution in [0.2, 0.25) is 5.02 Å². The highest BCUT2D eigenvalue weighted by Gasteiger charge is 2.20. The molecule has 1 amide bonds. The van der Waals surface area contributed by atoms with Gasteiger partial charge in [-0.25, -0.2) is 0 Å². The van der Waals surface area contributed by atoms with Gasteiger partial charge in [-0.1, -0.05) is 54.8 Å². The van der Waals surface area contributed by atoms with Crippen LogP contribution in [-0.4, -0.2) is 11.9 Å². The van der Waals surface area contributed by atoms with Gasteiger partial charge in [0.15, 0.2) is 0 Å². The van der Waals surface area contributed by atoms with E-state index in [2.05, 4.69) is 5.32 Å². The summed E-state index contributed by atoms with van der Waals surface area (Å²) in [6.07, 6.45) is 4.45. The van der Waals surface area contributed by atoms with E-state index in [-0.39, 0.29) is 11.9 Å². The number of carbonyl (C=O) groups is 1. The fraction of sp³-hybridized carbons (Fsp3) is 0.316. The van der Waals surface area contributed by atoms with Crippen LogP contribution in [0, 0.1) is 0 Å². The summed E-state index contributed by atoms with van der Waals surface area (Å²) in [7, 11) is 0. The summed E-state index contributed by atoms with van der Waals surface area (Å²) >= 11 is 6.06. The smallest absolute Gasteiger partial charge is 0.255 e. The van der Waals surface area contributed by atoms with Crippen LogP contribution in [0.3, 0.4) is 0 Å². The number of benzene rings is 2. The zero-order chi connectivity index (χ0) is 16.1. The van der Waals surface area contributed by atoms with E-state index in [1.807, 2.05) is 30.3 Å². The number of carbonyl (C=O) groups excluding carboxylic acids is 1. The third-order valence-electron chi connectivity index (χ3n) is 4.11. The van der Waals surface area contributed by atoms with Crippen LogP contribution < -0.4 is 10.1 Å². The van der Waals surface area contributed by atoms with E-state index in [1.54, 1.807) is 18.2 Å². The van der Waals surface area contributed by atoms with E-state index in [0.29, 0.717) is 22.9 Å². The Hall–Kier alpha value is -2.00. The van der Waals surface area contributed by atoms with Crippen LogP contribution >= 0.6 is 11.6 Å². The molecule has 0 unspecified atom stereocenters. The van der Waals surface area contributed by atoms with E-state index in [9.17, 15) is 4.79 Å². The molecular formula is C19H20ClNO2. The quantitative estimate of drug-likeness (QED) is 0.871. The van der Waals surface area contributed by atoms with E-state index >= 15 is 0 Å². The zero-order valence-electron chi connectivity index (χ0n) is 12.9. The van der Waals surface area contributed by atoms with Crippen molar-refractivity contribution in [3.63, 3.8) is 0 Å². The monoisotopic (exact) mass is 329 g/mol. The van der Waals surface area contributed by atoms with Crippen LogP contribution in [0.1, 0.15) is 41.6 Å². The van der Waals surface area contributed by atoms with Crippen molar-refractivity contribution < 1.29 is 9.53 Å². The molecule has 1 aliphatic carbocycles. The summed E-state index contributed by atoms with van der Waals surface area (Å²) in [5.74, 6) is 0.455. The Balaban J connectivity index is 1.73. The molecule has 23 heavy (non-hydrogen) atoms. The van der Waals surface area contributed by atoms with Gasteiger partial charge >= 0.3 is 0 Å². The third kappa shape index (κ3) is 4.26. The summed E-state index contributed by atoms with van der Waals surface area (Å²) in [4.78, 5) is 12.5. The van der Waals surface area contributed by atoms with Crippen LogP contribution in [0.5, 0.6) is 5.75 Å². The molecule has 0 atom stereocenters. The molecule has 0 spiro atoms. The average Bonchev–Trinajstić information content (AvgIpc) is 3.07. The van der Waals surface area contributed by atoms with Gasteiger partial charge in [0.25, 0.3) is 5.91 Å². The summed E-state index contributed by atoms with van der Waals surface area (Å²) < 4.78 is 5.84. The van der Waals surface area contributed by atoms with Crippen molar-refractivity contribution in [2.45, 2.75) is 38.3 Å². The summed E-state index contributed by atoms with van der Waals surface area (Å²) in [5, 5.41) is 3.62. The number of nitrogens with one attached hydrogen (secondary N) is 1. The lowest BCUT2D eigenvalue weighted by atomic mass is 10.1. The number of rotatable bonds is 5. The molecule has 1 saturated carbocycles. The van der Waals surface area contributed by atoms with Crippen molar-refractivity contribution in [2.75, 3.05) is 0 Å². The SMILES string of the molecule is O=C(NC1CCCC1)c1cc(Cl)ccc1OCc1ccccc1. The lowest BCUT2D eigenvalue weighted by Gasteiger charge is -2.15. The molecule has 0 aliphatic heterocycles. The van der Waals surface area contributed by atoms with Crippen LogP contribution in [0.15, 0.2) is 48.5 Å². The summed E-state index contributed by atoms with van der Waals surface area (Å²) in [6.45, 7) is 0.423. The molecule has 0 aromatic heterocycles. The van der Waals surface area contributed by atoms with Crippen molar-refractivity contribution in [1.29, 1.82) is 0 Å². The summed E-state index contributed by atoms with van der Waals surface area (Å²) in [5.41, 5.74) is 1.56. The highest BCUT2D eigenvalue weighted by Crippen LogP contribution is 2.25. The van der Waals surface area contributed by atoms with Crippen LogP contribution in [-0.2, 0) is 6.61 Å². The molecule has 0 heterocycles. The number of halogens is 1. The van der Waals surface area contributed by atoms with Gasteiger partial charge in [0.05, 0.1) is 5.56 Å². The largest absolute Gasteiger partial charge is 0.488 e. The first-order valence-electron chi connectivity index (χ1n) is 7.99.